The van der Waals surface area contributed by atoms with Crippen LogP contribution in [-0.4, -0.2) is 25.8 Å². The zero-order valence-electron chi connectivity index (χ0n) is 7.69. The smallest absolute Gasteiger partial charge is 0.232 e. The molecule has 0 bridgehead atoms. The van der Waals surface area contributed by atoms with Gasteiger partial charge in [-0.2, -0.15) is 0 Å². The highest BCUT2D eigenvalue weighted by atomic mass is 35.7. The zero-order chi connectivity index (χ0) is 11.3. The summed E-state index contributed by atoms with van der Waals surface area (Å²) in [7, 11) is 1.59. The fourth-order valence-corrected chi connectivity index (χ4v) is 1.85. The molecule has 0 saturated heterocycles. The summed E-state index contributed by atoms with van der Waals surface area (Å²) in [6.45, 7) is 0.258. The van der Waals surface area contributed by atoms with Gasteiger partial charge in [0.2, 0.25) is 9.05 Å². The average Bonchev–Trinajstić information content (AvgIpc) is 2.11. The van der Waals surface area contributed by atoms with Crippen LogP contribution in [0.3, 0.4) is 0 Å². The standard InChI is InChI=1S/C8H9Cl2NO3S/c9-7-4-8(6-11-5-7)14-2-1-3-15(10,12)13/h4-6H,1-3H2. The fourth-order valence-electron chi connectivity index (χ4n) is 0.893. The number of hydrogen-bond acceptors (Lipinski definition) is 4. The lowest BCUT2D eigenvalue weighted by Gasteiger charge is -2.04. The van der Waals surface area contributed by atoms with Crippen molar-refractivity contribution in [1.29, 1.82) is 0 Å². The van der Waals surface area contributed by atoms with Gasteiger partial charge in [-0.3, -0.25) is 4.98 Å². The van der Waals surface area contributed by atoms with Gasteiger partial charge in [0.05, 0.1) is 23.6 Å². The minimum Gasteiger partial charge on any atom is -0.492 e. The Morgan fingerprint density at radius 3 is 2.73 bits per heavy atom. The minimum absolute atomic E-state index is 0.109. The number of rotatable bonds is 5. The summed E-state index contributed by atoms with van der Waals surface area (Å²) in [5, 5.41) is 0.470. The maximum absolute atomic E-state index is 10.6. The van der Waals surface area contributed by atoms with Gasteiger partial charge < -0.3 is 4.74 Å². The Hall–Kier alpha value is -0.520. The molecule has 15 heavy (non-hydrogen) atoms. The molecule has 0 fully saturated rings. The molecule has 1 heterocycles. The Bertz CT molecular complexity index is 422. The van der Waals surface area contributed by atoms with E-state index in [4.69, 9.17) is 27.0 Å². The molecule has 1 aromatic rings. The number of pyridine rings is 1. The van der Waals surface area contributed by atoms with Crippen LogP contribution in [0.15, 0.2) is 18.5 Å². The highest BCUT2D eigenvalue weighted by molar-refractivity contribution is 8.13. The summed E-state index contributed by atoms with van der Waals surface area (Å²) in [5.41, 5.74) is 0. The van der Waals surface area contributed by atoms with Crippen molar-refractivity contribution in [3.8, 4) is 5.75 Å². The Morgan fingerprint density at radius 2 is 2.13 bits per heavy atom. The Balaban J connectivity index is 2.32. The van der Waals surface area contributed by atoms with E-state index in [1.165, 1.54) is 12.4 Å². The normalized spacial score (nSPS) is 11.3. The van der Waals surface area contributed by atoms with Gasteiger partial charge in [0.15, 0.2) is 0 Å². The second-order valence-electron chi connectivity index (χ2n) is 2.78. The van der Waals surface area contributed by atoms with Crippen LogP contribution in [-0.2, 0) is 9.05 Å². The van der Waals surface area contributed by atoms with Crippen molar-refractivity contribution in [3.05, 3.63) is 23.5 Å². The van der Waals surface area contributed by atoms with E-state index >= 15 is 0 Å². The molecule has 0 saturated carbocycles. The lowest BCUT2D eigenvalue weighted by molar-refractivity contribution is 0.316. The summed E-state index contributed by atoms with van der Waals surface area (Å²) in [6, 6.07) is 1.60. The largest absolute Gasteiger partial charge is 0.492 e. The zero-order valence-corrected chi connectivity index (χ0v) is 10.0. The molecular formula is C8H9Cl2NO3S. The molecule has 1 aromatic heterocycles. The van der Waals surface area contributed by atoms with Gasteiger partial charge in [0, 0.05) is 22.9 Å². The Labute approximate surface area is 97.6 Å². The molecule has 1 rings (SSSR count). The van der Waals surface area contributed by atoms with E-state index in [2.05, 4.69) is 4.98 Å². The van der Waals surface area contributed by atoms with Crippen LogP contribution in [0.25, 0.3) is 0 Å². The van der Waals surface area contributed by atoms with Crippen molar-refractivity contribution in [2.24, 2.45) is 0 Å². The molecule has 0 aliphatic heterocycles. The van der Waals surface area contributed by atoms with Gasteiger partial charge in [-0.15, -0.1) is 0 Å². The lowest BCUT2D eigenvalue weighted by atomic mass is 10.4. The molecule has 0 radical (unpaired) electrons. The molecule has 0 atom stereocenters. The molecule has 0 aliphatic rings. The highest BCUT2D eigenvalue weighted by Gasteiger charge is 2.04. The van der Waals surface area contributed by atoms with Gasteiger partial charge in [0.25, 0.3) is 0 Å². The SMILES string of the molecule is O=S(=O)(Cl)CCCOc1cncc(Cl)c1. The fraction of sp³-hybridized carbons (Fsp3) is 0.375. The van der Waals surface area contributed by atoms with E-state index < -0.39 is 9.05 Å². The topological polar surface area (TPSA) is 56.3 Å². The maximum Gasteiger partial charge on any atom is 0.232 e. The molecule has 0 amide bonds. The third-order valence-corrected chi connectivity index (χ3v) is 2.93. The van der Waals surface area contributed by atoms with Gasteiger partial charge in [-0.1, -0.05) is 11.6 Å². The quantitative estimate of drug-likeness (QED) is 0.607. The van der Waals surface area contributed by atoms with Crippen LogP contribution in [0.5, 0.6) is 5.75 Å². The van der Waals surface area contributed by atoms with E-state index in [9.17, 15) is 8.42 Å². The predicted molar refractivity (Wildman–Crippen MR) is 59.0 cm³/mol. The monoisotopic (exact) mass is 269 g/mol. The van der Waals surface area contributed by atoms with Crippen LogP contribution in [0.4, 0.5) is 0 Å². The lowest BCUT2D eigenvalue weighted by Crippen LogP contribution is -2.04. The van der Waals surface area contributed by atoms with Crippen LogP contribution < -0.4 is 4.74 Å². The second-order valence-corrected chi connectivity index (χ2v) is 6.12. The van der Waals surface area contributed by atoms with Crippen LogP contribution in [0.1, 0.15) is 6.42 Å². The molecule has 84 valence electrons. The number of hydrogen-bond donors (Lipinski definition) is 0. The third-order valence-electron chi connectivity index (χ3n) is 1.48. The highest BCUT2D eigenvalue weighted by Crippen LogP contribution is 2.15. The molecule has 0 N–H and O–H groups in total. The molecule has 0 unspecified atom stereocenters. The van der Waals surface area contributed by atoms with Crippen LogP contribution >= 0.6 is 22.3 Å². The number of halogens is 2. The summed E-state index contributed by atoms with van der Waals surface area (Å²) < 4.78 is 26.4. The number of aromatic nitrogens is 1. The molecular weight excluding hydrogens is 261 g/mol. The number of nitrogens with zero attached hydrogens (tertiary/aromatic N) is 1. The first kappa shape index (κ1) is 12.5. The van der Waals surface area contributed by atoms with Gasteiger partial charge in [0.1, 0.15) is 5.75 Å². The first-order valence-corrected chi connectivity index (χ1v) is 6.99. The Morgan fingerprint density at radius 1 is 1.40 bits per heavy atom. The van der Waals surface area contributed by atoms with Crippen molar-refractivity contribution < 1.29 is 13.2 Å². The average molecular weight is 270 g/mol. The van der Waals surface area contributed by atoms with E-state index in [-0.39, 0.29) is 12.4 Å². The summed E-state index contributed by atoms with van der Waals surface area (Å²) in [4.78, 5) is 3.81. The van der Waals surface area contributed by atoms with E-state index in [0.717, 1.165) is 0 Å². The molecule has 0 aliphatic carbocycles. The van der Waals surface area contributed by atoms with Crippen molar-refractivity contribution >= 4 is 31.3 Å². The van der Waals surface area contributed by atoms with E-state index in [1.807, 2.05) is 0 Å². The summed E-state index contributed by atoms with van der Waals surface area (Å²) in [6.07, 6.45) is 3.32. The third kappa shape index (κ3) is 5.81. The van der Waals surface area contributed by atoms with E-state index in [0.29, 0.717) is 17.2 Å². The van der Waals surface area contributed by atoms with Gasteiger partial charge in [-0.25, -0.2) is 8.42 Å². The van der Waals surface area contributed by atoms with Crippen LogP contribution in [0, 0.1) is 0 Å². The summed E-state index contributed by atoms with van der Waals surface area (Å²) >= 11 is 5.67. The predicted octanol–water partition coefficient (Wildman–Crippen LogP) is 2.07. The van der Waals surface area contributed by atoms with E-state index in [1.54, 1.807) is 6.07 Å². The summed E-state index contributed by atoms with van der Waals surface area (Å²) in [5.74, 6) is 0.400. The molecule has 7 heteroatoms. The van der Waals surface area contributed by atoms with Crippen molar-refractivity contribution in [2.45, 2.75) is 6.42 Å². The van der Waals surface area contributed by atoms with Crippen molar-refractivity contribution in [2.75, 3.05) is 12.4 Å². The minimum atomic E-state index is -3.44. The first-order chi connectivity index (χ1) is 6.97. The molecule has 0 aromatic carbocycles. The van der Waals surface area contributed by atoms with Gasteiger partial charge >= 0.3 is 0 Å². The second kappa shape index (κ2) is 5.53. The molecule has 4 nitrogen and oxygen atoms in total. The number of ether oxygens (including phenoxy) is 1. The first-order valence-electron chi connectivity index (χ1n) is 4.13. The Kier molecular flexibility index (Phi) is 4.63. The van der Waals surface area contributed by atoms with Crippen molar-refractivity contribution in [1.82, 2.24) is 4.98 Å². The van der Waals surface area contributed by atoms with Crippen molar-refractivity contribution in [3.63, 3.8) is 0 Å². The van der Waals surface area contributed by atoms with Gasteiger partial charge in [-0.05, 0) is 6.42 Å². The maximum atomic E-state index is 10.6. The van der Waals surface area contributed by atoms with Crippen LogP contribution in [0.2, 0.25) is 5.02 Å². The molecule has 0 spiro atoms.